The standard InChI is InChI=1S/C16H9NOS/c18-13-6-7-14-11(8-9-19-14)16-15(13)10-4-2-1-3-5-12(10)17-16/h1-9H. The lowest BCUT2D eigenvalue weighted by Gasteiger charge is -1.87. The van der Waals surface area contributed by atoms with Crippen molar-refractivity contribution >= 4 is 32.3 Å². The first-order chi connectivity index (χ1) is 9.34. The van der Waals surface area contributed by atoms with Crippen LogP contribution >= 0.6 is 11.3 Å². The molecular formula is C16H9NOS. The monoisotopic (exact) mass is 263 g/mol. The van der Waals surface area contributed by atoms with Crippen molar-refractivity contribution in [1.82, 2.24) is 4.98 Å². The molecule has 2 heterocycles. The van der Waals surface area contributed by atoms with Crippen LogP contribution in [0.4, 0.5) is 0 Å². The van der Waals surface area contributed by atoms with E-state index in [9.17, 15) is 4.79 Å². The Morgan fingerprint density at radius 2 is 1.84 bits per heavy atom. The lowest BCUT2D eigenvalue weighted by molar-refractivity contribution is 1.49. The number of thiophene rings is 1. The molecule has 4 rings (SSSR count). The Morgan fingerprint density at radius 3 is 2.79 bits per heavy atom. The van der Waals surface area contributed by atoms with Gasteiger partial charge in [-0.05, 0) is 29.6 Å². The van der Waals surface area contributed by atoms with Crippen LogP contribution in [-0.4, -0.2) is 4.98 Å². The van der Waals surface area contributed by atoms with E-state index in [1.54, 1.807) is 17.4 Å². The van der Waals surface area contributed by atoms with Gasteiger partial charge in [0.2, 0.25) is 0 Å². The first kappa shape index (κ1) is 10.6. The minimum atomic E-state index is 0.0344. The maximum Gasteiger partial charge on any atom is 0.188 e. The van der Waals surface area contributed by atoms with Crippen molar-refractivity contribution in [2.45, 2.75) is 0 Å². The zero-order valence-electron chi connectivity index (χ0n) is 9.96. The molecule has 2 aliphatic rings. The maximum absolute atomic E-state index is 12.3. The summed E-state index contributed by atoms with van der Waals surface area (Å²) in [5, 5.41) is 3.81. The van der Waals surface area contributed by atoms with Crippen molar-refractivity contribution < 1.29 is 0 Å². The van der Waals surface area contributed by atoms with Crippen LogP contribution < -0.4 is 5.43 Å². The average Bonchev–Trinajstić information content (AvgIpc) is 2.91. The van der Waals surface area contributed by atoms with E-state index in [0.717, 1.165) is 32.2 Å². The number of aromatic nitrogens is 1. The number of hydrogen-bond donors (Lipinski definition) is 0. The molecule has 0 amide bonds. The molecule has 0 bridgehead atoms. The zero-order valence-corrected chi connectivity index (χ0v) is 10.8. The van der Waals surface area contributed by atoms with Crippen LogP contribution in [-0.2, 0) is 0 Å². The van der Waals surface area contributed by atoms with Crippen LogP contribution in [0.15, 0.2) is 58.7 Å². The molecule has 1 aromatic heterocycles. The summed E-state index contributed by atoms with van der Waals surface area (Å²) in [7, 11) is 0. The fourth-order valence-electron chi connectivity index (χ4n) is 2.48. The molecule has 2 aromatic rings. The molecule has 0 unspecified atom stereocenters. The maximum atomic E-state index is 12.3. The molecule has 0 saturated carbocycles. The predicted octanol–water partition coefficient (Wildman–Crippen LogP) is 3.91. The lowest BCUT2D eigenvalue weighted by atomic mass is 10.1. The SMILES string of the molecule is O=c1ccc2sccc2c2nc3cccccc-3c12. The van der Waals surface area contributed by atoms with Gasteiger partial charge in [0.15, 0.2) is 5.43 Å². The number of fused-ring (bicyclic) bond motifs is 5. The fourth-order valence-corrected chi connectivity index (χ4v) is 3.26. The molecule has 3 heteroatoms. The van der Waals surface area contributed by atoms with Crippen molar-refractivity contribution in [3.05, 3.63) is 64.1 Å². The van der Waals surface area contributed by atoms with Gasteiger partial charge in [0.1, 0.15) is 0 Å². The third-order valence-corrected chi connectivity index (χ3v) is 4.22. The van der Waals surface area contributed by atoms with Crippen LogP contribution in [0.2, 0.25) is 0 Å². The van der Waals surface area contributed by atoms with Crippen molar-refractivity contribution in [2.24, 2.45) is 0 Å². The highest BCUT2D eigenvalue weighted by molar-refractivity contribution is 7.17. The Bertz CT molecular complexity index is 942. The van der Waals surface area contributed by atoms with E-state index in [4.69, 9.17) is 0 Å². The molecule has 1 aliphatic carbocycles. The molecule has 2 nitrogen and oxygen atoms in total. The highest BCUT2D eigenvalue weighted by Crippen LogP contribution is 2.32. The first-order valence-corrected chi connectivity index (χ1v) is 6.91. The Morgan fingerprint density at radius 1 is 0.947 bits per heavy atom. The lowest BCUT2D eigenvalue weighted by Crippen LogP contribution is -1.93. The molecule has 1 aromatic carbocycles. The molecule has 19 heavy (non-hydrogen) atoms. The zero-order chi connectivity index (χ0) is 12.8. The third-order valence-electron chi connectivity index (χ3n) is 3.34. The molecule has 0 radical (unpaired) electrons. The Kier molecular flexibility index (Phi) is 2.17. The fraction of sp³-hybridized carbons (Fsp3) is 0. The Hall–Kier alpha value is -2.26. The molecule has 0 spiro atoms. The van der Waals surface area contributed by atoms with Gasteiger partial charge in [-0.25, -0.2) is 4.98 Å². The van der Waals surface area contributed by atoms with Crippen LogP contribution in [0, 0.1) is 0 Å². The van der Waals surface area contributed by atoms with Crippen LogP contribution in [0.25, 0.3) is 32.2 Å². The van der Waals surface area contributed by atoms with Gasteiger partial charge in [-0.2, -0.15) is 0 Å². The molecule has 0 fully saturated rings. The predicted molar refractivity (Wildman–Crippen MR) is 80.0 cm³/mol. The van der Waals surface area contributed by atoms with Crippen LogP contribution in [0.5, 0.6) is 0 Å². The second-order valence-electron chi connectivity index (χ2n) is 4.44. The van der Waals surface area contributed by atoms with E-state index >= 15 is 0 Å². The summed E-state index contributed by atoms with van der Waals surface area (Å²) in [5.74, 6) is 0. The summed E-state index contributed by atoms with van der Waals surface area (Å²) in [6.45, 7) is 0. The first-order valence-electron chi connectivity index (χ1n) is 6.03. The molecule has 1 aliphatic heterocycles. The number of nitrogens with zero attached hydrogens (tertiary/aromatic N) is 1. The average molecular weight is 263 g/mol. The topological polar surface area (TPSA) is 30.0 Å². The summed E-state index contributed by atoms with van der Waals surface area (Å²) in [5.41, 5.74) is 2.64. The molecule has 0 saturated heterocycles. The number of rotatable bonds is 0. The van der Waals surface area contributed by atoms with Gasteiger partial charge in [-0.15, -0.1) is 11.3 Å². The van der Waals surface area contributed by atoms with Gasteiger partial charge in [0, 0.05) is 15.6 Å². The highest BCUT2D eigenvalue weighted by Gasteiger charge is 2.14. The summed E-state index contributed by atoms with van der Waals surface area (Å²) < 4.78 is 1.10. The van der Waals surface area contributed by atoms with Crippen molar-refractivity contribution in [3.8, 4) is 11.3 Å². The molecule has 0 atom stereocenters. The molecular weight excluding hydrogens is 254 g/mol. The Balaban J connectivity index is 2.40. The molecule has 90 valence electrons. The summed E-state index contributed by atoms with van der Waals surface area (Å²) >= 11 is 1.63. The minimum absolute atomic E-state index is 0.0344. The van der Waals surface area contributed by atoms with Crippen molar-refractivity contribution in [2.75, 3.05) is 0 Å². The van der Waals surface area contributed by atoms with Gasteiger partial charge in [0.25, 0.3) is 0 Å². The van der Waals surface area contributed by atoms with Gasteiger partial charge in [0.05, 0.1) is 16.6 Å². The highest BCUT2D eigenvalue weighted by atomic mass is 32.1. The van der Waals surface area contributed by atoms with Crippen LogP contribution in [0.1, 0.15) is 0 Å². The van der Waals surface area contributed by atoms with E-state index < -0.39 is 0 Å². The van der Waals surface area contributed by atoms with Gasteiger partial charge >= 0.3 is 0 Å². The van der Waals surface area contributed by atoms with Crippen molar-refractivity contribution in [1.29, 1.82) is 0 Å². The van der Waals surface area contributed by atoms with E-state index in [1.165, 1.54) is 0 Å². The van der Waals surface area contributed by atoms with Crippen molar-refractivity contribution in [3.63, 3.8) is 0 Å². The Labute approximate surface area is 113 Å². The van der Waals surface area contributed by atoms with E-state index in [2.05, 4.69) is 4.98 Å². The van der Waals surface area contributed by atoms with Gasteiger partial charge in [-0.3, -0.25) is 4.79 Å². The van der Waals surface area contributed by atoms with E-state index in [1.807, 2.05) is 47.8 Å². The van der Waals surface area contributed by atoms with Gasteiger partial charge in [-0.1, -0.05) is 24.3 Å². The van der Waals surface area contributed by atoms with E-state index in [0.29, 0.717) is 0 Å². The van der Waals surface area contributed by atoms with E-state index in [-0.39, 0.29) is 5.43 Å². The summed E-state index contributed by atoms with van der Waals surface area (Å²) in [6, 6.07) is 15.3. The quantitative estimate of drug-likeness (QED) is 0.481. The number of hydrogen-bond acceptors (Lipinski definition) is 3. The third kappa shape index (κ3) is 1.48. The summed E-state index contributed by atoms with van der Waals surface area (Å²) in [4.78, 5) is 17.0. The largest absolute Gasteiger partial charge is 0.289 e. The normalized spacial score (nSPS) is 11.4. The second kappa shape index (κ2) is 3.87. The summed E-state index contributed by atoms with van der Waals surface area (Å²) in [6.07, 6.45) is 0. The molecule has 0 N–H and O–H groups in total. The van der Waals surface area contributed by atoms with Crippen LogP contribution in [0.3, 0.4) is 0 Å². The minimum Gasteiger partial charge on any atom is -0.289 e. The smallest absolute Gasteiger partial charge is 0.188 e. The second-order valence-corrected chi connectivity index (χ2v) is 5.39. The van der Waals surface area contributed by atoms with Gasteiger partial charge < -0.3 is 0 Å².